The van der Waals surface area contributed by atoms with Crippen LogP contribution in [0, 0.1) is 35.0 Å². The molecule has 0 amide bonds. The Morgan fingerprint density at radius 1 is 1.00 bits per heavy atom. The van der Waals surface area contributed by atoms with Crippen LogP contribution in [-0.4, -0.2) is 9.69 Å². The second-order valence-corrected chi connectivity index (χ2v) is 10.5. The van der Waals surface area contributed by atoms with Gasteiger partial charge in [-0.15, -0.1) is 0 Å². The Kier molecular flexibility index (Phi) is 5.29. The van der Waals surface area contributed by atoms with Crippen molar-refractivity contribution >= 4 is 40.7 Å². The van der Waals surface area contributed by atoms with E-state index in [-0.39, 0.29) is 5.90 Å². The monoisotopic (exact) mass is 411 g/mol. The molecule has 140 valence electrons. The van der Waals surface area contributed by atoms with E-state index in [9.17, 15) is 0 Å². The maximum atomic E-state index is 7.95. The molecule has 5 heteroatoms. The number of hydrogen-bond acceptors (Lipinski definition) is 2. The quantitative estimate of drug-likeness (QED) is 0.253. The zero-order chi connectivity index (χ0) is 18.3. The third-order valence-electron chi connectivity index (χ3n) is 6.44. The summed E-state index contributed by atoms with van der Waals surface area (Å²) in [4.78, 5) is 0. The van der Waals surface area contributed by atoms with Gasteiger partial charge in [-0.3, -0.25) is 5.41 Å². The molecule has 5 rings (SSSR count). The van der Waals surface area contributed by atoms with E-state index in [1.807, 2.05) is 30.3 Å². The number of nitrogens with one attached hydrogen (secondary N) is 1. The Balaban J connectivity index is 1.53. The first-order chi connectivity index (χ1) is 12.4. The van der Waals surface area contributed by atoms with Crippen molar-refractivity contribution in [3.63, 3.8) is 0 Å². The predicted octanol–water partition coefficient (Wildman–Crippen LogP) is 6.72. The minimum atomic E-state index is -1.84. The second kappa shape index (κ2) is 7.37. The predicted molar refractivity (Wildman–Crippen MR) is 108 cm³/mol. The summed E-state index contributed by atoms with van der Waals surface area (Å²) in [6, 6.07) is 9.85. The van der Waals surface area contributed by atoms with E-state index in [1.54, 1.807) is 0 Å². The Morgan fingerprint density at radius 3 is 2.12 bits per heavy atom. The van der Waals surface area contributed by atoms with Crippen LogP contribution in [0.5, 0.6) is 0 Å². The van der Waals surface area contributed by atoms with Crippen molar-refractivity contribution in [2.45, 2.75) is 42.0 Å². The highest BCUT2D eigenvalue weighted by Gasteiger charge is 2.47. The van der Waals surface area contributed by atoms with Gasteiger partial charge in [0, 0.05) is 0 Å². The highest BCUT2D eigenvalue weighted by Crippen LogP contribution is 2.57. The van der Waals surface area contributed by atoms with Gasteiger partial charge < -0.3 is 4.74 Å². The summed E-state index contributed by atoms with van der Waals surface area (Å²) in [5.74, 6) is 3.82. The zero-order valence-electron chi connectivity index (χ0n) is 14.6. The topological polar surface area (TPSA) is 33.1 Å². The molecule has 4 aliphatic carbocycles. The molecule has 2 nitrogen and oxygen atoms in total. The van der Waals surface area contributed by atoms with Gasteiger partial charge in [-0.1, -0.05) is 71.2 Å². The fourth-order valence-electron chi connectivity index (χ4n) is 5.57. The van der Waals surface area contributed by atoms with Crippen LogP contribution in [0.1, 0.15) is 43.8 Å². The van der Waals surface area contributed by atoms with Crippen molar-refractivity contribution in [3.05, 3.63) is 48.0 Å². The standard InChI is InChI=1S/C21H24Cl3NO/c22-21(23,24)20(25)26-19(15-4-2-1-3-5-15)7-6-18-16-9-13-8-14(11-16)12-17(18)10-13/h1-7,13-14,16-19,25H,8-12H2/b7-6+,25-20?/t13?,14?,16?,17?,18?,19-/m0/s1. The van der Waals surface area contributed by atoms with Crippen LogP contribution in [0.4, 0.5) is 0 Å². The molecule has 1 aromatic rings. The molecule has 1 N–H and O–H groups in total. The largest absolute Gasteiger partial charge is 0.466 e. The molecule has 26 heavy (non-hydrogen) atoms. The van der Waals surface area contributed by atoms with Gasteiger partial charge in [-0.05, 0) is 73.3 Å². The van der Waals surface area contributed by atoms with Crippen LogP contribution in [0.2, 0.25) is 0 Å². The number of allylic oxidation sites excluding steroid dienone is 1. The molecule has 0 heterocycles. The van der Waals surface area contributed by atoms with Crippen molar-refractivity contribution in [1.82, 2.24) is 0 Å². The minimum absolute atomic E-state index is 0.342. The van der Waals surface area contributed by atoms with Gasteiger partial charge in [-0.2, -0.15) is 0 Å². The van der Waals surface area contributed by atoms with Gasteiger partial charge in [-0.25, -0.2) is 0 Å². The van der Waals surface area contributed by atoms with Gasteiger partial charge >= 0.3 is 0 Å². The number of halogens is 3. The lowest BCUT2D eigenvalue weighted by molar-refractivity contribution is -0.0164. The molecule has 4 fully saturated rings. The molecular formula is C21H24Cl3NO. The zero-order valence-corrected chi connectivity index (χ0v) is 16.9. The fraction of sp³-hybridized carbons (Fsp3) is 0.571. The van der Waals surface area contributed by atoms with E-state index in [2.05, 4.69) is 12.2 Å². The number of rotatable bonds is 4. The third kappa shape index (κ3) is 3.93. The third-order valence-corrected chi connectivity index (χ3v) is 6.95. The highest BCUT2D eigenvalue weighted by atomic mass is 35.6. The number of hydrogen-bond donors (Lipinski definition) is 1. The first kappa shape index (κ1) is 18.7. The summed E-state index contributed by atoms with van der Waals surface area (Å²) in [5.41, 5.74) is 0.964. The molecule has 0 unspecified atom stereocenters. The molecule has 4 saturated carbocycles. The van der Waals surface area contributed by atoms with Crippen LogP contribution in [0.3, 0.4) is 0 Å². The van der Waals surface area contributed by atoms with Crippen LogP contribution in [-0.2, 0) is 4.74 Å². The average Bonchev–Trinajstić information content (AvgIpc) is 2.59. The smallest absolute Gasteiger partial charge is 0.265 e. The second-order valence-electron chi connectivity index (χ2n) is 8.17. The summed E-state index contributed by atoms with van der Waals surface area (Å²) in [6.45, 7) is 0. The lowest BCUT2D eigenvalue weighted by Gasteiger charge is -2.53. The molecule has 4 aliphatic rings. The first-order valence-electron chi connectivity index (χ1n) is 9.46. The summed E-state index contributed by atoms with van der Waals surface area (Å²) in [5, 5.41) is 7.95. The van der Waals surface area contributed by atoms with Crippen molar-refractivity contribution in [2.24, 2.45) is 29.6 Å². The van der Waals surface area contributed by atoms with Crippen molar-refractivity contribution in [3.8, 4) is 0 Å². The Labute approximate surface area is 170 Å². The molecule has 0 saturated heterocycles. The Morgan fingerprint density at radius 2 is 1.58 bits per heavy atom. The summed E-state index contributed by atoms with van der Waals surface area (Å²) >= 11 is 17.5. The Bertz CT molecular complexity index is 654. The van der Waals surface area contributed by atoms with E-state index >= 15 is 0 Å². The Hall–Kier alpha value is -0.700. The van der Waals surface area contributed by atoms with E-state index in [0.717, 1.165) is 29.2 Å². The average molecular weight is 413 g/mol. The molecule has 1 atom stereocenters. The maximum absolute atomic E-state index is 7.95. The van der Waals surface area contributed by atoms with Gasteiger partial charge in [0.15, 0.2) is 0 Å². The van der Waals surface area contributed by atoms with E-state index in [1.165, 1.54) is 32.1 Å². The van der Waals surface area contributed by atoms with E-state index in [0.29, 0.717) is 5.92 Å². The van der Waals surface area contributed by atoms with E-state index < -0.39 is 9.90 Å². The summed E-state index contributed by atoms with van der Waals surface area (Å²) in [6.07, 6.45) is 11.0. The summed E-state index contributed by atoms with van der Waals surface area (Å²) < 4.78 is 3.90. The maximum Gasteiger partial charge on any atom is 0.265 e. The van der Waals surface area contributed by atoms with E-state index in [4.69, 9.17) is 44.9 Å². The SMILES string of the molecule is N=C(O[C@@H](/C=C/C1C2CC3CC(C2)CC1C3)c1ccccc1)C(Cl)(Cl)Cl. The lowest BCUT2D eigenvalue weighted by atomic mass is 9.52. The van der Waals surface area contributed by atoms with Crippen molar-refractivity contribution in [2.75, 3.05) is 0 Å². The van der Waals surface area contributed by atoms with Crippen LogP contribution >= 0.6 is 34.8 Å². The van der Waals surface area contributed by atoms with Crippen molar-refractivity contribution in [1.29, 1.82) is 5.41 Å². The minimum Gasteiger partial charge on any atom is -0.466 e. The van der Waals surface area contributed by atoms with Crippen LogP contribution < -0.4 is 0 Å². The molecule has 0 spiro atoms. The molecular weight excluding hydrogens is 389 g/mol. The molecule has 0 aliphatic heterocycles. The van der Waals surface area contributed by atoms with Gasteiger partial charge in [0.1, 0.15) is 6.10 Å². The molecule has 1 aromatic carbocycles. The number of alkyl halides is 3. The number of ether oxygens (including phenoxy) is 1. The fourth-order valence-corrected chi connectivity index (χ4v) is 5.70. The van der Waals surface area contributed by atoms with Crippen molar-refractivity contribution < 1.29 is 4.74 Å². The molecule has 0 radical (unpaired) electrons. The van der Waals surface area contributed by atoms with Gasteiger partial charge in [0.05, 0.1) is 0 Å². The normalized spacial score (nSPS) is 34.2. The first-order valence-corrected chi connectivity index (χ1v) is 10.6. The van der Waals surface area contributed by atoms with Crippen LogP contribution in [0.25, 0.3) is 0 Å². The lowest BCUT2D eigenvalue weighted by Crippen LogP contribution is -2.44. The molecule has 0 aromatic heterocycles. The van der Waals surface area contributed by atoms with Gasteiger partial charge in [0.2, 0.25) is 5.90 Å². The molecule has 4 bridgehead atoms. The summed E-state index contributed by atoms with van der Waals surface area (Å²) in [7, 11) is 0. The number of benzene rings is 1. The highest BCUT2D eigenvalue weighted by molar-refractivity contribution is 6.76. The van der Waals surface area contributed by atoms with Crippen LogP contribution in [0.15, 0.2) is 42.5 Å². The van der Waals surface area contributed by atoms with Gasteiger partial charge in [0.25, 0.3) is 3.79 Å².